The largest absolute Gasteiger partial charge is 0.487 e. The Labute approximate surface area is 113 Å². The Morgan fingerprint density at radius 1 is 1.37 bits per heavy atom. The lowest BCUT2D eigenvalue weighted by Crippen LogP contribution is -2.07. The van der Waals surface area contributed by atoms with Crippen molar-refractivity contribution in [1.29, 1.82) is 0 Å². The molecule has 0 unspecified atom stereocenters. The second-order valence-electron chi connectivity index (χ2n) is 4.60. The van der Waals surface area contributed by atoms with Gasteiger partial charge in [0.25, 0.3) is 0 Å². The fourth-order valence-electron chi connectivity index (χ4n) is 2.10. The quantitative estimate of drug-likeness (QED) is 0.899. The maximum atomic E-state index is 9.71. The summed E-state index contributed by atoms with van der Waals surface area (Å²) >= 11 is 0. The number of nitrogens with zero attached hydrogens (tertiary/aromatic N) is 2. The molecule has 0 aliphatic rings. The first kappa shape index (κ1) is 13.6. The number of ether oxygens (including phenoxy) is 1. The van der Waals surface area contributed by atoms with E-state index in [1.54, 1.807) is 6.92 Å². The number of aromatic nitrogens is 2. The van der Waals surface area contributed by atoms with Gasteiger partial charge in [-0.05, 0) is 32.9 Å². The van der Waals surface area contributed by atoms with Gasteiger partial charge in [-0.1, -0.05) is 18.2 Å². The van der Waals surface area contributed by atoms with Crippen LogP contribution in [0.4, 0.5) is 0 Å². The highest BCUT2D eigenvalue weighted by atomic mass is 16.5. The van der Waals surface area contributed by atoms with Crippen LogP contribution in [0.1, 0.15) is 36.9 Å². The molecule has 0 aliphatic heterocycles. The third-order valence-corrected chi connectivity index (χ3v) is 3.03. The highest BCUT2D eigenvalue weighted by molar-refractivity contribution is 5.34. The molecule has 0 bridgehead atoms. The van der Waals surface area contributed by atoms with E-state index in [-0.39, 0.29) is 0 Å². The number of hydrogen-bond donors (Lipinski definition) is 1. The third-order valence-electron chi connectivity index (χ3n) is 3.03. The minimum Gasteiger partial charge on any atom is -0.487 e. The Morgan fingerprint density at radius 2 is 2.11 bits per heavy atom. The van der Waals surface area contributed by atoms with Crippen molar-refractivity contribution >= 4 is 0 Å². The number of aliphatic hydroxyl groups is 1. The molecule has 1 N–H and O–H groups in total. The van der Waals surface area contributed by atoms with Crippen LogP contribution >= 0.6 is 0 Å². The lowest BCUT2D eigenvalue weighted by molar-refractivity contribution is 0.189. The minimum atomic E-state index is -0.533. The number of hydrogen-bond acceptors (Lipinski definition) is 3. The fraction of sp³-hybridized carbons (Fsp3) is 0.400. The van der Waals surface area contributed by atoms with Crippen molar-refractivity contribution in [3.8, 4) is 5.75 Å². The van der Waals surface area contributed by atoms with Crippen LogP contribution in [-0.2, 0) is 13.2 Å². The van der Waals surface area contributed by atoms with Gasteiger partial charge in [-0.2, -0.15) is 5.10 Å². The summed E-state index contributed by atoms with van der Waals surface area (Å²) in [6.45, 7) is 7.05. The van der Waals surface area contributed by atoms with Crippen LogP contribution < -0.4 is 4.74 Å². The molecular formula is C15H20N2O2. The van der Waals surface area contributed by atoms with Crippen molar-refractivity contribution in [2.45, 2.75) is 40.0 Å². The van der Waals surface area contributed by atoms with Gasteiger partial charge in [-0.15, -0.1) is 0 Å². The van der Waals surface area contributed by atoms with E-state index in [4.69, 9.17) is 4.74 Å². The van der Waals surface area contributed by atoms with Crippen LogP contribution in [0.15, 0.2) is 30.3 Å². The van der Waals surface area contributed by atoms with Crippen molar-refractivity contribution in [3.63, 3.8) is 0 Å². The molecule has 2 rings (SSSR count). The molecule has 1 aromatic heterocycles. The summed E-state index contributed by atoms with van der Waals surface area (Å²) in [5, 5.41) is 14.1. The number of rotatable bonds is 5. The molecule has 102 valence electrons. The zero-order valence-electron chi connectivity index (χ0n) is 11.6. The summed E-state index contributed by atoms with van der Waals surface area (Å²) < 4.78 is 7.75. The van der Waals surface area contributed by atoms with Crippen molar-refractivity contribution in [2.75, 3.05) is 0 Å². The molecule has 1 atom stereocenters. The predicted octanol–water partition coefficient (Wildman–Crippen LogP) is 2.84. The van der Waals surface area contributed by atoms with Crippen molar-refractivity contribution in [2.24, 2.45) is 0 Å². The van der Waals surface area contributed by atoms with Crippen molar-refractivity contribution in [3.05, 3.63) is 47.3 Å². The predicted molar refractivity (Wildman–Crippen MR) is 74.0 cm³/mol. The van der Waals surface area contributed by atoms with Gasteiger partial charge in [0, 0.05) is 12.1 Å². The van der Waals surface area contributed by atoms with Gasteiger partial charge in [0.05, 0.1) is 17.5 Å². The summed E-state index contributed by atoms with van der Waals surface area (Å²) in [5.74, 6) is 0.721. The Morgan fingerprint density at radius 3 is 2.79 bits per heavy atom. The molecule has 0 saturated heterocycles. The molecule has 4 nitrogen and oxygen atoms in total. The van der Waals surface area contributed by atoms with Crippen LogP contribution in [0.2, 0.25) is 0 Å². The van der Waals surface area contributed by atoms with Crippen LogP contribution in [0.3, 0.4) is 0 Å². The van der Waals surface area contributed by atoms with Crippen LogP contribution in [-0.4, -0.2) is 14.9 Å². The molecule has 0 fully saturated rings. The first-order chi connectivity index (χ1) is 9.11. The maximum Gasteiger partial charge on any atom is 0.130 e. The average Bonchev–Trinajstić information content (AvgIpc) is 2.77. The lowest BCUT2D eigenvalue weighted by Gasteiger charge is -2.13. The lowest BCUT2D eigenvalue weighted by atomic mass is 10.1. The topological polar surface area (TPSA) is 47.3 Å². The van der Waals surface area contributed by atoms with Gasteiger partial charge in [-0.25, -0.2) is 0 Å². The molecular weight excluding hydrogens is 240 g/mol. The van der Waals surface area contributed by atoms with Crippen molar-refractivity contribution < 1.29 is 9.84 Å². The SMILES string of the molecule is CCn1nc(C)cc1COc1ccccc1[C@@H](C)O. The molecule has 0 radical (unpaired) electrons. The number of aliphatic hydroxyl groups excluding tert-OH is 1. The molecule has 0 spiro atoms. The van der Waals surface area contributed by atoms with Gasteiger partial charge in [0.15, 0.2) is 0 Å². The van der Waals surface area contributed by atoms with E-state index in [0.29, 0.717) is 6.61 Å². The molecule has 19 heavy (non-hydrogen) atoms. The summed E-state index contributed by atoms with van der Waals surface area (Å²) in [7, 11) is 0. The average molecular weight is 260 g/mol. The van der Waals surface area contributed by atoms with E-state index >= 15 is 0 Å². The van der Waals surface area contributed by atoms with Gasteiger partial charge < -0.3 is 9.84 Å². The second kappa shape index (κ2) is 5.89. The van der Waals surface area contributed by atoms with E-state index in [9.17, 15) is 5.11 Å². The monoisotopic (exact) mass is 260 g/mol. The standard InChI is InChI=1S/C15H20N2O2/c1-4-17-13(9-11(2)16-17)10-19-15-8-6-5-7-14(15)12(3)18/h5-9,12,18H,4,10H2,1-3H3/t12-/m1/s1. The number of benzene rings is 1. The summed E-state index contributed by atoms with van der Waals surface area (Å²) in [5.41, 5.74) is 2.84. The smallest absolute Gasteiger partial charge is 0.130 e. The van der Waals surface area contributed by atoms with Gasteiger partial charge >= 0.3 is 0 Å². The molecule has 0 amide bonds. The van der Waals surface area contributed by atoms with Gasteiger partial charge in [0.2, 0.25) is 0 Å². The molecule has 1 heterocycles. The molecule has 2 aromatic rings. The molecule has 1 aromatic carbocycles. The summed E-state index contributed by atoms with van der Waals surface area (Å²) in [4.78, 5) is 0. The van der Waals surface area contributed by atoms with E-state index in [2.05, 4.69) is 12.0 Å². The number of para-hydroxylation sites is 1. The Bertz CT molecular complexity index is 547. The van der Waals surface area contributed by atoms with Crippen LogP contribution in [0.5, 0.6) is 5.75 Å². The van der Waals surface area contributed by atoms with Crippen LogP contribution in [0, 0.1) is 6.92 Å². The number of aryl methyl sites for hydroxylation is 2. The zero-order chi connectivity index (χ0) is 13.8. The highest BCUT2D eigenvalue weighted by Gasteiger charge is 2.10. The van der Waals surface area contributed by atoms with E-state index in [1.165, 1.54) is 0 Å². The molecule has 0 saturated carbocycles. The fourth-order valence-corrected chi connectivity index (χ4v) is 2.10. The summed E-state index contributed by atoms with van der Waals surface area (Å²) in [6.07, 6.45) is -0.533. The van der Waals surface area contributed by atoms with E-state index in [0.717, 1.165) is 29.2 Å². The Kier molecular flexibility index (Phi) is 4.22. The van der Waals surface area contributed by atoms with Crippen molar-refractivity contribution in [1.82, 2.24) is 9.78 Å². The zero-order valence-corrected chi connectivity index (χ0v) is 11.6. The molecule has 4 heteroatoms. The third kappa shape index (κ3) is 3.15. The molecule has 0 aliphatic carbocycles. The Hall–Kier alpha value is -1.81. The summed E-state index contributed by atoms with van der Waals surface area (Å²) in [6, 6.07) is 9.58. The van der Waals surface area contributed by atoms with Gasteiger partial charge in [-0.3, -0.25) is 4.68 Å². The van der Waals surface area contributed by atoms with Crippen LogP contribution in [0.25, 0.3) is 0 Å². The maximum absolute atomic E-state index is 9.71. The van der Waals surface area contributed by atoms with E-state index in [1.807, 2.05) is 41.9 Å². The highest BCUT2D eigenvalue weighted by Crippen LogP contribution is 2.25. The first-order valence-electron chi connectivity index (χ1n) is 6.55. The minimum absolute atomic E-state index is 0.457. The first-order valence-corrected chi connectivity index (χ1v) is 6.55. The van der Waals surface area contributed by atoms with E-state index < -0.39 is 6.10 Å². The second-order valence-corrected chi connectivity index (χ2v) is 4.60. The Balaban J connectivity index is 2.14. The normalized spacial score (nSPS) is 12.4. The van der Waals surface area contributed by atoms with Gasteiger partial charge in [0.1, 0.15) is 12.4 Å².